The first-order valence-corrected chi connectivity index (χ1v) is 8.04. The molecule has 2 amide bonds. The number of hydrogen-bond acceptors (Lipinski definition) is 3. The molecule has 1 saturated heterocycles. The molecule has 3 rings (SSSR count). The number of carbonyl (C=O) groups is 2. The van der Waals surface area contributed by atoms with Gasteiger partial charge in [-0.1, -0.05) is 0 Å². The van der Waals surface area contributed by atoms with Crippen molar-refractivity contribution < 1.29 is 9.59 Å². The molecule has 6 heteroatoms. The first-order valence-electron chi connectivity index (χ1n) is 8.04. The Hall–Kier alpha value is -1.59. The number of halogens is 1. The van der Waals surface area contributed by atoms with Gasteiger partial charge in [-0.2, -0.15) is 0 Å². The number of piperidine rings is 1. The van der Waals surface area contributed by atoms with Gasteiger partial charge >= 0.3 is 0 Å². The van der Waals surface area contributed by atoms with Gasteiger partial charge in [-0.3, -0.25) is 9.59 Å². The zero-order chi connectivity index (χ0) is 15.6. The average molecular weight is 338 g/mol. The van der Waals surface area contributed by atoms with Gasteiger partial charge in [-0.25, -0.2) is 0 Å². The highest BCUT2D eigenvalue weighted by atomic mass is 35.5. The Kier molecular flexibility index (Phi) is 5.65. The molecule has 2 aliphatic rings. The topological polar surface area (TPSA) is 70.2 Å². The van der Waals surface area contributed by atoms with Gasteiger partial charge in [0.05, 0.1) is 5.54 Å². The van der Waals surface area contributed by atoms with Crippen LogP contribution in [-0.2, 0) is 9.59 Å². The summed E-state index contributed by atoms with van der Waals surface area (Å²) in [5, 5.41) is 9.15. The molecule has 1 aliphatic heterocycles. The van der Waals surface area contributed by atoms with Crippen molar-refractivity contribution in [1.29, 1.82) is 0 Å². The van der Waals surface area contributed by atoms with E-state index in [1.807, 2.05) is 31.2 Å². The van der Waals surface area contributed by atoms with E-state index in [2.05, 4.69) is 16.0 Å². The molecule has 3 N–H and O–H groups in total. The zero-order valence-corrected chi connectivity index (χ0v) is 14.2. The lowest BCUT2D eigenvalue weighted by molar-refractivity contribution is -0.122. The summed E-state index contributed by atoms with van der Waals surface area (Å²) in [6.07, 6.45) is 5.03. The van der Waals surface area contributed by atoms with Gasteiger partial charge in [0.2, 0.25) is 11.8 Å². The SMILES string of the molecule is CC1(C(=O)Nc2ccc(NC(=O)C3CC3)cc2)CCCCN1.Cl. The van der Waals surface area contributed by atoms with Crippen LogP contribution in [0.3, 0.4) is 0 Å². The minimum Gasteiger partial charge on any atom is -0.326 e. The molecule has 1 aliphatic carbocycles. The molecule has 0 bridgehead atoms. The van der Waals surface area contributed by atoms with Crippen LogP contribution in [0.25, 0.3) is 0 Å². The van der Waals surface area contributed by atoms with Crippen molar-refractivity contribution in [1.82, 2.24) is 5.32 Å². The number of anilines is 2. The Morgan fingerprint density at radius 2 is 1.70 bits per heavy atom. The summed E-state index contributed by atoms with van der Waals surface area (Å²) in [6.45, 7) is 2.84. The fourth-order valence-corrected chi connectivity index (χ4v) is 2.75. The standard InChI is InChI=1S/C17H23N3O2.ClH/c1-17(10-2-3-11-18-17)16(22)20-14-8-6-13(7-9-14)19-15(21)12-4-5-12;/h6-9,12,18H,2-5,10-11H2,1H3,(H,19,21)(H,20,22);1H. The molecule has 2 fully saturated rings. The summed E-state index contributed by atoms with van der Waals surface area (Å²) < 4.78 is 0. The first kappa shape index (κ1) is 17.8. The van der Waals surface area contributed by atoms with E-state index < -0.39 is 5.54 Å². The van der Waals surface area contributed by atoms with Crippen molar-refractivity contribution in [2.45, 2.75) is 44.6 Å². The molecule has 1 heterocycles. The molecule has 1 atom stereocenters. The second kappa shape index (κ2) is 7.32. The zero-order valence-electron chi connectivity index (χ0n) is 13.4. The summed E-state index contributed by atoms with van der Waals surface area (Å²) in [7, 11) is 0. The number of benzene rings is 1. The molecule has 1 unspecified atom stereocenters. The predicted octanol–water partition coefficient (Wildman–Crippen LogP) is 2.93. The molecule has 1 aromatic carbocycles. The predicted molar refractivity (Wildman–Crippen MR) is 93.9 cm³/mol. The van der Waals surface area contributed by atoms with Gasteiger partial charge in [0.15, 0.2) is 0 Å². The van der Waals surface area contributed by atoms with Gasteiger partial charge < -0.3 is 16.0 Å². The molecular formula is C17H24ClN3O2. The molecule has 5 nitrogen and oxygen atoms in total. The third-order valence-electron chi connectivity index (χ3n) is 4.48. The van der Waals surface area contributed by atoms with Gasteiger partial charge in [-0.15, -0.1) is 12.4 Å². The maximum Gasteiger partial charge on any atom is 0.244 e. The smallest absolute Gasteiger partial charge is 0.244 e. The highest BCUT2D eigenvalue weighted by Crippen LogP contribution is 2.30. The van der Waals surface area contributed by atoms with Crippen LogP contribution in [0.4, 0.5) is 11.4 Å². The van der Waals surface area contributed by atoms with E-state index in [9.17, 15) is 9.59 Å². The van der Waals surface area contributed by atoms with Crippen molar-refractivity contribution in [3.63, 3.8) is 0 Å². The van der Waals surface area contributed by atoms with Crippen LogP contribution in [0.5, 0.6) is 0 Å². The maximum absolute atomic E-state index is 12.4. The number of hydrogen-bond donors (Lipinski definition) is 3. The van der Waals surface area contributed by atoms with Crippen LogP contribution >= 0.6 is 12.4 Å². The molecular weight excluding hydrogens is 314 g/mol. The lowest BCUT2D eigenvalue weighted by Crippen LogP contribution is -2.54. The van der Waals surface area contributed by atoms with Crippen molar-refractivity contribution in [2.75, 3.05) is 17.2 Å². The quantitative estimate of drug-likeness (QED) is 0.791. The van der Waals surface area contributed by atoms with Gasteiger partial charge in [0, 0.05) is 17.3 Å². The third-order valence-corrected chi connectivity index (χ3v) is 4.48. The van der Waals surface area contributed by atoms with E-state index in [1.54, 1.807) is 0 Å². The first-order chi connectivity index (χ1) is 10.6. The lowest BCUT2D eigenvalue weighted by atomic mass is 9.90. The Labute approximate surface area is 143 Å². The number of amides is 2. The van der Waals surface area contributed by atoms with Crippen LogP contribution in [0.2, 0.25) is 0 Å². The maximum atomic E-state index is 12.4. The molecule has 23 heavy (non-hydrogen) atoms. The van der Waals surface area contributed by atoms with Crippen LogP contribution in [0, 0.1) is 5.92 Å². The molecule has 126 valence electrons. The van der Waals surface area contributed by atoms with Crippen molar-refractivity contribution in [2.24, 2.45) is 5.92 Å². The van der Waals surface area contributed by atoms with Crippen molar-refractivity contribution >= 4 is 35.6 Å². The average Bonchev–Trinajstić information content (AvgIpc) is 3.35. The molecule has 0 aromatic heterocycles. The number of rotatable bonds is 4. The van der Waals surface area contributed by atoms with Gasteiger partial charge in [0.25, 0.3) is 0 Å². The molecule has 0 spiro atoms. The number of nitrogens with one attached hydrogen (secondary N) is 3. The van der Waals surface area contributed by atoms with Gasteiger partial charge in [0.1, 0.15) is 0 Å². The lowest BCUT2D eigenvalue weighted by Gasteiger charge is -2.33. The summed E-state index contributed by atoms with van der Waals surface area (Å²) in [5.41, 5.74) is 1.04. The fraction of sp³-hybridized carbons (Fsp3) is 0.529. The summed E-state index contributed by atoms with van der Waals surface area (Å²) in [5.74, 6) is 0.286. The third kappa shape index (κ3) is 4.45. The largest absolute Gasteiger partial charge is 0.326 e. The minimum atomic E-state index is -0.489. The van der Waals surface area contributed by atoms with Crippen LogP contribution < -0.4 is 16.0 Å². The van der Waals surface area contributed by atoms with E-state index in [0.717, 1.165) is 50.0 Å². The normalized spacial score (nSPS) is 23.5. The summed E-state index contributed by atoms with van der Waals surface area (Å²) in [6, 6.07) is 7.30. The van der Waals surface area contributed by atoms with E-state index in [-0.39, 0.29) is 30.1 Å². The second-order valence-corrected chi connectivity index (χ2v) is 6.51. The van der Waals surface area contributed by atoms with Crippen LogP contribution in [-0.4, -0.2) is 23.9 Å². The van der Waals surface area contributed by atoms with Crippen molar-refractivity contribution in [3.05, 3.63) is 24.3 Å². The van der Waals surface area contributed by atoms with Crippen LogP contribution in [0.1, 0.15) is 39.0 Å². The number of carbonyl (C=O) groups excluding carboxylic acids is 2. The Balaban J connectivity index is 0.00000192. The minimum absolute atomic E-state index is 0. The summed E-state index contributed by atoms with van der Waals surface area (Å²) in [4.78, 5) is 24.1. The molecule has 1 saturated carbocycles. The van der Waals surface area contributed by atoms with E-state index in [1.165, 1.54) is 0 Å². The van der Waals surface area contributed by atoms with E-state index in [0.29, 0.717) is 0 Å². The van der Waals surface area contributed by atoms with E-state index >= 15 is 0 Å². The fourth-order valence-electron chi connectivity index (χ4n) is 2.75. The van der Waals surface area contributed by atoms with E-state index in [4.69, 9.17) is 0 Å². The highest BCUT2D eigenvalue weighted by Gasteiger charge is 2.34. The monoisotopic (exact) mass is 337 g/mol. The van der Waals surface area contributed by atoms with Gasteiger partial charge in [-0.05, 0) is 69.8 Å². The highest BCUT2D eigenvalue weighted by molar-refractivity contribution is 5.98. The van der Waals surface area contributed by atoms with Crippen molar-refractivity contribution in [3.8, 4) is 0 Å². The van der Waals surface area contributed by atoms with Crippen LogP contribution in [0.15, 0.2) is 24.3 Å². The molecule has 0 radical (unpaired) electrons. The second-order valence-electron chi connectivity index (χ2n) is 6.51. The molecule has 1 aromatic rings. The Morgan fingerprint density at radius 3 is 2.22 bits per heavy atom. The Bertz CT molecular complexity index is 564. The summed E-state index contributed by atoms with van der Waals surface area (Å²) >= 11 is 0. The Morgan fingerprint density at radius 1 is 1.09 bits per heavy atom.